The highest BCUT2D eigenvalue weighted by Crippen LogP contribution is 2.26. The Bertz CT molecular complexity index is 799. The molecule has 0 radical (unpaired) electrons. The van der Waals surface area contributed by atoms with E-state index in [1.165, 1.54) is 12.1 Å². The Kier molecular flexibility index (Phi) is 5.31. The summed E-state index contributed by atoms with van der Waals surface area (Å²) in [5.41, 5.74) is -0.376. The average molecular weight is 385 g/mol. The minimum atomic E-state index is -0.764. The summed E-state index contributed by atoms with van der Waals surface area (Å²) >= 11 is 5.95. The predicted molar refractivity (Wildman–Crippen MR) is 89.1 cm³/mol. The van der Waals surface area contributed by atoms with Gasteiger partial charge in [-0.25, -0.2) is 8.78 Å². The molecule has 0 saturated carbocycles. The molecule has 1 aromatic rings. The van der Waals surface area contributed by atoms with Gasteiger partial charge in [-0.1, -0.05) is 6.07 Å². The van der Waals surface area contributed by atoms with Crippen LogP contribution in [0.3, 0.4) is 0 Å². The molecule has 2 heterocycles. The number of alkyl halides is 1. The fraction of sp³-hybridized carbons (Fsp3) is 0.412. The smallest absolute Gasteiger partial charge is 0.275 e. The number of benzene rings is 1. The summed E-state index contributed by atoms with van der Waals surface area (Å²) in [5, 5.41) is 5.20. The summed E-state index contributed by atoms with van der Waals surface area (Å²) in [4.78, 5) is 36.3. The van der Waals surface area contributed by atoms with Gasteiger partial charge in [0.1, 0.15) is 11.6 Å². The molecule has 2 aliphatic rings. The van der Waals surface area contributed by atoms with E-state index in [9.17, 15) is 23.3 Å². The van der Waals surface area contributed by atoms with Gasteiger partial charge in [-0.15, -0.1) is 0 Å². The third kappa shape index (κ3) is 3.90. The summed E-state index contributed by atoms with van der Waals surface area (Å²) < 4.78 is 27.2. The van der Waals surface area contributed by atoms with Crippen molar-refractivity contribution in [2.75, 3.05) is 0 Å². The molecule has 6 nitrogen and oxygen atoms in total. The van der Waals surface area contributed by atoms with E-state index in [1.54, 1.807) is 0 Å². The highest BCUT2D eigenvalue weighted by molar-refractivity contribution is 6.19. The van der Waals surface area contributed by atoms with Crippen molar-refractivity contribution >= 4 is 23.4 Å². The lowest BCUT2D eigenvalue weighted by molar-refractivity contribution is -0.603. The molecule has 0 bridgehead atoms. The summed E-state index contributed by atoms with van der Waals surface area (Å²) in [7, 11) is 0. The lowest BCUT2D eigenvalue weighted by atomic mass is 9.91. The Balaban J connectivity index is 1.63. The number of piperidine rings is 1. The third-order valence-corrected chi connectivity index (χ3v) is 4.93. The number of amides is 2. The van der Waals surface area contributed by atoms with Crippen LogP contribution in [-0.4, -0.2) is 34.2 Å². The molecule has 3 atom stereocenters. The van der Waals surface area contributed by atoms with Gasteiger partial charge < -0.3 is 10.6 Å². The van der Waals surface area contributed by atoms with E-state index in [1.807, 2.05) is 0 Å². The molecule has 2 aliphatic heterocycles. The maximum atomic E-state index is 13.6. The zero-order chi connectivity index (χ0) is 18.8. The topological polar surface area (TPSA) is 78.3 Å². The first kappa shape index (κ1) is 18.4. The van der Waals surface area contributed by atoms with Crippen LogP contribution in [0.2, 0.25) is 0 Å². The summed E-state index contributed by atoms with van der Waals surface area (Å²) in [6, 6.07) is 2.13. The minimum Gasteiger partial charge on any atom is -0.352 e. The Morgan fingerprint density at radius 3 is 2.85 bits per heavy atom. The first-order chi connectivity index (χ1) is 12.3. The monoisotopic (exact) mass is 384 g/mol. The Labute approximate surface area is 153 Å². The zero-order valence-corrected chi connectivity index (χ0v) is 14.4. The molecule has 9 heteroatoms. The molecule has 138 valence electrons. The Hall–Kier alpha value is -2.35. The lowest BCUT2D eigenvalue weighted by Gasteiger charge is -2.30. The van der Waals surface area contributed by atoms with Gasteiger partial charge in [-0.2, -0.15) is 0 Å². The number of rotatable bonds is 4. The second kappa shape index (κ2) is 7.49. The molecule has 2 N–H and O–H groups in total. The van der Waals surface area contributed by atoms with Crippen LogP contribution in [0, 0.1) is 16.5 Å². The number of nitrogens with zero attached hydrogens (tertiary/aromatic N) is 1. The van der Waals surface area contributed by atoms with Crippen molar-refractivity contribution in [2.45, 2.75) is 43.4 Å². The van der Waals surface area contributed by atoms with Crippen molar-refractivity contribution in [1.29, 1.82) is 0 Å². The molecule has 1 saturated heterocycles. The van der Waals surface area contributed by atoms with Gasteiger partial charge in [-0.05, 0) is 30.2 Å². The third-order valence-electron chi connectivity index (χ3n) is 4.52. The molecule has 0 aliphatic carbocycles. The average Bonchev–Trinajstić information content (AvgIpc) is 2.59. The van der Waals surface area contributed by atoms with Crippen LogP contribution in [0.25, 0.3) is 0 Å². The lowest BCUT2D eigenvalue weighted by Crippen LogP contribution is -2.55. The molecule has 3 rings (SSSR count). The van der Waals surface area contributed by atoms with Gasteiger partial charge in [0.15, 0.2) is 0 Å². The van der Waals surface area contributed by atoms with Crippen molar-refractivity contribution in [3.05, 3.63) is 52.0 Å². The van der Waals surface area contributed by atoms with Crippen LogP contribution in [0.5, 0.6) is 0 Å². The highest BCUT2D eigenvalue weighted by Gasteiger charge is 2.46. The molecular formula is C17H17ClF2N3O3+. The molecule has 0 spiro atoms. The predicted octanol–water partition coefficient (Wildman–Crippen LogP) is 1.90. The van der Waals surface area contributed by atoms with E-state index in [0.717, 1.165) is 16.9 Å². The molecule has 1 aromatic carbocycles. The zero-order valence-electron chi connectivity index (χ0n) is 13.7. The second-order valence-electron chi connectivity index (χ2n) is 6.32. The van der Waals surface area contributed by atoms with Crippen LogP contribution in [-0.2, 0) is 16.1 Å². The number of carbonyl (C=O) groups is 2. The van der Waals surface area contributed by atoms with Crippen molar-refractivity contribution in [1.82, 2.24) is 10.6 Å². The van der Waals surface area contributed by atoms with E-state index < -0.39 is 35.0 Å². The van der Waals surface area contributed by atoms with Crippen LogP contribution in [0.4, 0.5) is 8.78 Å². The van der Waals surface area contributed by atoms with Crippen LogP contribution in [0.15, 0.2) is 29.8 Å². The normalized spacial score (nSPS) is 25.2. The van der Waals surface area contributed by atoms with Crippen LogP contribution < -0.4 is 10.6 Å². The number of nitrogens with one attached hydrogen (secondary N) is 2. The van der Waals surface area contributed by atoms with Gasteiger partial charge in [0.2, 0.25) is 17.9 Å². The molecule has 26 heavy (non-hydrogen) atoms. The van der Waals surface area contributed by atoms with Crippen LogP contribution in [0.1, 0.15) is 24.8 Å². The fourth-order valence-corrected chi connectivity index (χ4v) is 3.36. The number of hydrogen-bond donors (Lipinski definition) is 2. The standard InChI is InChI=1S/C17H16ClF2N3O3/c18-15-4-3-13-14(23(15)26)5-10(17(25)22-13)6-16(24)21-8-9-1-2-11(19)7-12(9)20/h1-2,5,7,13-15H,3-4,6,8H2,(H-,21,22,24,25)/p+1. The SMILES string of the molecule is O=C(CC1=CC2C(CCC(Cl)[N+]2=O)NC1=O)NCc1ccc(F)cc1F. The molecule has 3 unspecified atom stereocenters. The van der Waals surface area contributed by atoms with Crippen molar-refractivity contribution in [3.63, 3.8) is 0 Å². The van der Waals surface area contributed by atoms with Gasteiger partial charge in [0, 0.05) is 39.8 Å². The fourth-order valence-electron chi connectivity index (χ4n) is 3.10. The molecule has 0 aromatic heterocycles. The van der Waals surface area contributed by atoms with Gasteiger partial charge in [-0.3, -0.25) is 9.59 Å². The Morgan fingerprint density at radius 1 is 1.35 bits per heavy atom. The quantitative estimate of drug-likeness (QED) is 0.473. The van der Waals surface area contributed by atoms with Crippen LogP contribution >= 0.6 is 11.6 Å². The van der Waals surface area contributed by atoms with E-state index in [0.29, 0.717) is 12.8 Å². The highest BCUT2D eigenvalue weighted by atomic mass is 35.5. The summed E-state index contributed by atoms with van der Waals surface area (Å²) in [6.07, 6.45) is 2.28. The van der Waals surface area contributed by atoms with E-state index in [-0.39, 0.29) is 30.1 Å². The van der Waals surface area contributed by atoms with Crippen molar-refractivity contribution in [3.8, 4) is 0 Å². The van der Waals surface area contributed by atoms with E-state index >= 15 is 0 Å². The number of fused-ring (bicyclic) bond motifs is 1. The largest absolute Gasteiger partial charge is 0.352 e. The van der Waals surface area contributed by atoms with Gasteiger partial charge >= 0.3 is 0 Å². The van der Waals surface area contributed by atoms with E-state index in [4.69, 9.17) is 11.6 Å². The molecular weight excluding hydrogens is 368 g/mol. The molecule has 2 amide bonds. The van der Waals surface area contributed by atoms with E-state index in [2.05, 4.69) is 10.6 Å². The summed E-state index contributed by atoms with van der Waals surface area (Å²) in [5.74, 6) is -2.39. The van der Waals surface area contributed by atoms with Crippen molar-refractivity contribution < 1.29 is 23.1 Å². The van der Waals surface area contributed by atoms with Gasteiger partial charge in [0.25, 0.3) is 5.50 Å². The summed E-state index contributed by atoms with van der Waals surface area (Å²) in [6.45, 7) is -0.136. The van der Waals surface area contributed by atoms with Gasteiger partial charge in [0.05, 0.1) is 12.5 Å². The van der Waals surface area contributed by atoms with Crippen molar-refractivity contribution in [2.24, 2.45) is 0 Å². The minimum absolute atomic E-state index is 0.130. The first-order valence-electron chi connectivity index (χ1n) is 8.17. The number of hydrogen-bond acceptors (Lipinski definition) is 3. The maximum absolute atomic E-state index is 13.6. The number of nitroso groups, excluding NO2 is 1. The first-order valence-corrected chi connectivity index (χ1v) is 8.60. The number of carbonyl (C=O) groups excluding carboxylic acids is 2. The Morgan fingerprint density at radius 2 is 2.12 bits per heavy atom. The maximum Gasteiger partial charge on any atom is 0.275 e. The number of halogens is 3. The molecule has 1 fully saturated rings. The second-order valence-corrected chi connectivity index (χ2v) is 6.83.